The molecule has 1 rings (SSSR count). The van der Waals surface area contributed by atoms with Crippen LogP contribution >= 0.6 is 0 Å². The van der Waals surface area contributed by atoms with Gasteiger partial charge in [-0.3, -0.25) is 5.41 Å². The molecular weight excluding hydrogens is 112 g/mol. The predicted molar refractivity (Wildman–Crippen MR) is 38.4 cm³/mol. The van der Waals surface area contributed by atoms with E-state index in [4.69, 9.17) is 11.1 Å². The summed E-state index contributed by atoms with van der Waals surface area (Å²) < 4.78 is 0. The van der Waals surface area contributed by atoms with Crippen molar-refractivity contribution in [1.82, 2.24) is 0 Å². The van der Waals surface area contributed by atoms with E-state index in [0.717, 1.165) is 6.42 Å². The maximum Gasteiger partial charge on any atom is 0.0971 e. The molecule has 0 saturated heterocycles. The van der Waals surface area contributed by atoms with Crippen LogP contribution in [-0.4, -0.2) is 5.84 Å². The van der Waals surface area contributed by atoms with Crippen LogP contribution in [0.5, 0.6) is 0 Å². The van der Waals surface area contributed by atoms with E-state index in [1.165, 1.54) is 0 Å². The first-order valence-electron chi connectivity index (χ1n) is 3.25. The second-order valence-corrected chi connectivity index (χ2v) is 3.81. The molecule has 52 valence electrons. The summed E-state index contributed by atoms with van der Waals surface area (Å²) >= 11 is 0. The lowest BCUT2D eigenvalue weighted by molar-refractivity contribution is 0.523. The van der Waals surface area contributed by atoms with Gasteiger partial charge in [-0.1, -0.05) is 20.8 Å². The molecule has 0 aromatic heterocycles. The Balaban J connectivity index is 2.74. The quantitative estimate of drug-likeness (QED) is 0.404. The lowest BCUT2D eigenvalue weighted by Gasteiger charge is -2.11. The van der Waals surface area contributed by atoms with E-state index in [1.807, 2.05) is 0 Å². The van der Waals surface area contributed by atoms with E-state index >= 15 is 0 Å². The summed E-state index contributed by atoms with van der Waals surface area (Å²) in [4.78, 5) is 0. The lowest BCUT2D eigenvalue weighted by atomic mass is 9.97. The zero-order valence-corrected chi connectivity index (χ0v) is 6.28. The Hall–Kier alpha value is -0.530. The van der Waals surface area contributed by atoms with Crippen molar-refractivity contribution in [3.05, 3.63) is 0 Å². The Morgan fingerprint density at radius 3 is 1.78 bits per heavy atom. The van der Waals surface area contributed by atoms with Crippen molar-refractivity contribution in [1.29, 1.82) is 5.41 Å². The average molecular weight is 126 g/mol. The standard InChI is InChI=1S/C7H14N2/c1-6(2)4-7(6,3)5(8)9/h4H2,1-3H3,(H3,8,9). The third kappa shape index (κ3) is 0.655. The number of rotatable bonds is 1. The Labute approximate surface area is 55.9 Å². The van der Waals surface area contributed by atoms with Crippen molar-refractivity contribution in [3.63, 3.8) is 0 Å². The molecule has 0 radical (unpaired) electrons. The number of hydrogen-bond donors (Lipinski definition) is 2. The van der Waals surface area contributed by atoms with Crippen LogP contribution in [0.3, 0.4) is 0 Å². The Morgan fingerprint density at radius 2 is 1.78 bits per heavy atom. The second-order valence-electron chi connectivity index (χ2n) is 3.81. The van der Waals surface area contributed by atoms with Crippen LogP contribution in [0.25, 0.3) is 0 Å². The molecule has 0 heterocycles. The number of nitrogens with one attached hydrogen (secondary N) is 1. The van der Waals surface area contributed by atoms with Gasteiger partial charge >= 0.3 is 0 Å². The molecule has 0 aromatic carbocycles. The summed E-state index contributed by atoms with van der Waals surface area (Å²) in [6.45, 7) is 6.35. The molecule has 1 atom stereocenters. The fourth-order valence-electron chi connectivity index (χ4n) is 1.30. The van der Waals surface area contributed by atoms with Crippen LogP contribution in [0.2, 0.25) is 0 Å². The fourth-order valence-corrected chi connectivity index (χ4v) is 1.30. The molecule has 1 saturated carbocycles. The van der Waals surface area contributed by atoms with Crippen LogP contribution < -0.4 is 5.73 Å². The monoisotopic (exact) mass is 126 g/mol. The van der Waals surface area contributed by atoms with Gasteiger partial charge in [-0.15, -0.1) is 0 Å². The zero-order valence-electron chi connectivity index (χ0n) is 6.28. The maximum atomic E-state index is 7.24. The summed E-state index contributed by atoms with van der Waals surface area (Å²) in [5, 5.41) is 7.24. The number of nitrogens with two attached hydrogens (primary N) is 1. The van der Waals surface area contributed by atoms with E-state index in [0.29, 0.717) is 5.84 Å². The first-order chi connectivity index (χ1) is 3.90. The van der Waals surface area contributed by atoms with Gasteiger partial charge in [0.15, 0.2) is 0 Å². The SMILES string of the molecule is CC1(C)CC1(C)C(=N)N. The van der Waals surface area contributed by atoms with Gasteiger partial charge in [0.25, 0.3) is 0 Å². The Kier molecular flexibility index (Phi) is 0.956. The molecule has 0 bridgehead atoms. The minimum atomic E-state index is 0.00694. The summed E-state index contributed by atoms with van der Waals surface area (Å²) in [6, 6.07) is 0. The number of amidine groups is 1. The van der Waals surface area contributed by atoms with Crippen molar-refractivity contribution < 1.29 is 0 Å². The summed E-state index contributed by atoms with van der Waals surface area (Å²) in [5.74, 6) is 0.340. The lowest BCUT2D eigenvalue weighted by Crippen LogP contribution is -2.24. The van der Waals surface area contributed by atoms with E-state index in [9.17, 15) is 0 Å². The topological polar surface area (TPSA) is 49.9 Å². The highest BCUT2D eigenvalue weighted by Crippen LogP contribution is 2.62. The summed E-state index contributed by atoms with van der Waals surface area (Å²) in [6.07, 6.45) is 1.06. The molecule has 1 aliphatic rings. The van der Waals surface area contributed by atoms with Gasteiger partial charge in [0, 0.05) is 5.41 Å². The van der Waals surface area contributed by atoms with Crippen LogP contribution in [-0.2, 0) is 0 Å². The Bertz CT molecular complexity index is 160. The van der Waals surface area contributed by atoms with E-state index in [2.05, 4.69) is 20.8 Å². The van der Waals surface area contributed by atoms with Gasteiger partial charge in [-0.2, -0.15) is 0 Å². The second kappa shape index (κ2) is 1.31. The minimum absolute atomic E-state index is 0.00694. The molecule has 3 N–H and O–H groups in total. The molecule has 2 heteroatoms. The Morgan fingerprint density at radius 1 is 1.44 bits per heavy atom. The third-order valence-corrected chi connectivity index (χ3v) is 2.76. The smallest absolute Gasteiger partial charge is 0.0971 e. The van der Waals surface area contributed by atoms with Crippen molar-refractivity contribution in [2.75, 3.05) is 0 Å². The minimum Gasteiger partial charge on any atom is -0.387 e. The molecule has 0 spiro atoms. The van der Waals surface area contributed by atoms with Crippen LogP contribution in [0, 0.1) is 16.2 Å². The first-order valence-corrected chi connectivity index (χ1v) is 3.25. The molecule has 1 fully saturated rings. The molecule has 0 amide bonds. The van der Waals surface area contributed by atoms with Crippen LogP contribution in [0.4, 0.5) is 0 Å². The average Bonchev–Trinajstić information content (AvgIpc) is 2.08. The highest BCUT2D eigenvalue weighted by molar-refractivity contribution is 5.87. The predicted octanol–water partition coefficient (Wildman–Crippen LogP) is 1.36. The summed E-state index contributed by atoms with van der Waals surface area (Å²) in [5.41, 5.74) is 5.67. The molecule has 1 unspecified atom stereocenters. The molecular formula is C7H14N2. The van der Waals surface area contributed by atoms with Crippen molar-refractivity contribution in [2.24, 2.45) is 16.6 Å². The first kappa shape index (κ1) is 6.59. The largest absolute Gasteiger partial charge is 0.387 e. The highest BCUT2D eigenvalue weighted by Gasteiger charge is 2.59. The molecule has 0 aromatic rings. The van der Waals surface area contributed by atoms with Gasteiger partial charge in [0.1, 0.15) is 0 Å². The van der Waals surface area contributed by atoms with Crippen molar-refractivity contribution in [3.8, 4) is 0 Å². The van der Waals surface area contributed by atoms with Crippen molar-refractivity contribution >= 4 is 5.84 Å². The van der Waals surface area contributed by atoms with Gasteiger partial charge in [-0.25, -0.2) is 0 Å². The third-order valence-electron chi connectivity index (χ3n) is 2.76. The van der Waals surface area contributed by atoms with Crippen LogP contribution in [0.1, 0.15) is 27.2 Å². The molecule has 9 heavy (non-hydrogen) atoms. The molecule has 2 nitrogen and oxygen atoms in total. The molecule has 1 aliphatic carbocycles. The normalized spacial score (nSPS) is 38.1. The van der Waals surface area contributed by atoms with Gasteiger partial charge < -0.3 is 5.73 Å². The van der Waals surface area contributed by atoms with E-state index in [1.54, 1.807) is 0 Å². The van der Waals surface area contributed by atoms with Crippen LogP contribution in [0.15, 0.2) is 0 Å². The summed E-state index contributed by atoms with van der Waals surface area (Å²) in [7, 11) is 0. The highest BCUT2D eigenvalue weighted by atomic mass is 14.8. The van der Waals surface area contributed by atoms with Gasteiger partial charge in [-0.05, 0) is 11.8 Å². The number of hydrogen-bond acceptors (Lipinski definition) is 1. The van der Waals surface area contributed by atoms with Crippen molar-refractivity contribution in [2.45, 2.75) is 27.2 Å². The molecule has 0 aliphatic heterocycles. The zero-order chi connectivity index (χ0) is 7.28. The van der Waals surface area contributed by atoms with Gasteiger partial charge in [0.05, 0.1) is 5.84 Å². The van der Waals surface area contributed by atoms with Gasteiger partial charge in [0.2, 0.25) is 0 Å². The maximum absolute atomic E-state index is 7.24. The fraction of sp³-hybridized carbons (Fsp3) is 0.857. The van der Waals surface area contributed by atoms with E-state index in [-0.39, 0.29) is 10.8 Å². The van der Waals surface area contributed by atoms with E-state index < -0.39 is 0 Å².